The first-order valence-electron chi connectivity index (χ1n) is 7.61. The van der Waals surface area contributed by atoms with E-state index in [9.17, 15) is 4.39 Å². The summed E-state index contributed by atoms with van der Waals surface area (Å²) in [7, 11) is -0.844. The van der Waals surface area contributed by atoms with Crippen LogP contribution in [0.5, 0.6) is 0 Å². The zero-order chi connectivity index (χ0) is 14.7. The first-order valence-corrected chi connectivity index (χ1v) is 7.61. The standard InChI is InChI=1S/C16H24BFO2/c1-10(13-9-11-6-7-12(13)8-11)14(18)17-19-15(2,3)16(4,5)20-17/h6-7,11-13H,8-9H2,1-5H3. The summed E-state index contributed by atoms with van der Waals surface area (Å²) in [5, 5.41) is 0. The van der Waals surface area contributed by atoms with Gasteiger partial charge in [-0.1, -0.05) is 12.2 Å². The minimum Gasteiger partial charge on any atom is -0.398 e. The number of hydrogen-bond donors (Lipinski definition) is 0. The summed E-state index contributed by atoms with van der Waals surface area (Å²) in [6.07, 6.45) is 6.78. The molecule has 2 bridgehead atoms. The van der Waals surface area contributed by atoms with Crippen molar-refractivity contribution in [3.05, 3.63) is 23.5 Å². The van der Waals surface area contributed by atoms with Crippen molar-refractivity contribution in [2.45, 2.75) is 58.7 Å². The van der Waals surface area contributed by atoms with Gasteiger partial charge in [-0.2, -0.15) is 0 Å². The van der Waals surface area contributed by atoms with Crippen LogP contribution < -0.4 is 0 Å². The molecule has 0 aromatic heterocycles. The molecular weight excluding hydrogens is 254 g/mol. The lowest BCUT2D eigenvalue weighted by Gasteiger charge is -2.32. The third-order valence-electron chi connectivity index (χ3n) is 5.67. The molecule has 2 fully saturated rings. The Hall–Kier alpha value is -0.605. The maximum absolute atomic E-state index is 14.8. The summed E-state index contributed by atoms with van der Waals surface area (Å²) in [6, 6.07) is 0. The van der Waals surface area contributed by atoms with Gasteiger partial charge in [0.15, 0.2) is 0 Å². The lowest BCUT2D eigenvalue weighted by atomic mass is 9.78. The monoisotopic (exact) mass is 278 g/mol. The van der Waals surface area contributed by atoms with E-state index in [4.69, 9.17) is 9.31 Å². The number of rotatable bonds is 2. The van der Waals surface area contributed by atoms with Crippen LogP contribution in [-0.2, 0) is 9.31 Å². The van der Waals surface area contributed by atoms with E-state index in [0.717, 1.165) is 12.0 Å². The molecule has 0 aromatic carbocycles. The Morgan fingerprint density at radius 3 is 2.15 bits per heavy atom. The fraction of sp³-hybridized carbons (Fsp3) is 0.750. The van der Waals surface area contributed by atoms with E-state index in [0.29, 0.717) is 17.8 Å². The summed E-state index contributed by atoms with van der Waals surface area (Å²) in [5.41, 5.74) is -0.358. The molecule has 1 saturated carbocycles. The minimum atomic E-state index is -0.844. The predicted molar refractivity (Wildman–Crippen MR) is 78.7 cm³/mol. The minimum absolute atomic E-state index is 0.213. The maximum atomic E-state index is 14.8. The van der Waals surface area contributed by atoms with Gasteiger partial charge in [-0.25, -0.2) is 4.39 Å². The predicted octanol–water partition coefficient (Wildman–Crippen LogP) is 4.07. The van der Waals surface area contributed by atoms with Crippen LogP contribution in [0.25, 0.3) is 0 Å². The van der Waals surface area contributed by atoms with Crippen LogP contribution in [0.2, 0.25) is 0 Å². The molecule has 1 saturated heterocycles. The van der Waals surface area contributed by atoms with Crippen molar-refractivity contribution in [2.75, 3.05) is 0 Å². The average Bonchev–Trinajstić information content (AvgIpc) is 3.01. The largest absolute Gasteiger partial charge is 0.525 e. The van der Waals surface area contributed by atoms with Crippen molar-refractivity contribution in [1.29, 1.82) is 0 Å². The molecule has 0 spiro atoms. The first-order chi connectivity index (χ1) is 9.21. The van der Waals surface area contributed by atoms with Gasteiger partial charge in [-0.3, -0.25) is 0 Å². The molecule has 4 heteroatoms. The van der Waals surface area contributed by atoms with Gasteiger partial charge < -0.3 is 9.31 Å². The second-order valence-corrected chi connectivity index (χ2v) is 7.51. The molecule has 110 valence electrons. The first kappa shape index (κ1) is 14.3. The van der Waals surface area contributed by atoms with Crippen molar-refractivity contribution in [1.82, 2.24) is 0 Å². The molecule has 0 radical (unpaired) electrons. The van der Waals surface area contributed by atoms with Gasteiger partial charge >= 0.3 is 7.12 Å². The van der Waals surface area contributed by atoms with Crippen LogP contribution in [0, 0.1) is 17.8 Å². The smallest absolute Gasteiger partial charge is 0.398 e. The lowest BCUT2D eigenvalue weighted by molar-refractivity contribution is 0.00578. The molecule has 1 heterocycles. The van der Waals surface area contributed by atoms with Gasteiger partial charge in [0.05, 0.1) is 11.2 Å². The fourth-order valence-electron chi connectivity index (χ4n) is 3.59. The van der Waals surface area contributed by atoms with Gasteiger partial charge in [0.25, 0.3) is 0 Å². The molecule has 0 amide bonds. The SMILES string of the molecule is CC(=C(F)B1OC(C)(C)C(C)(C)O1)C1CC2C=CC1C2. The molecule has 0 aromatic rings. The van der Waals surface area contributed by atoms with Crippen LogP contribution in [0.4, 0.5) is 4.39 Å². The maximum Gasteiger partial charge on any atom is 0.525 e. The highest BCUT2D eigenvalue weighted by atomic mass is 19.1. The van der Waals surface area contributed by atoms with Gasteiger partial charge in [0, 0.05) is 0 Å². The van der Waals surface area contributed by atoms with Crippen molar-refractivity contribution >= 4 is 7.12 Å². The molecule has 2 aliphatic carbocycles. The second kappa shape index (κ2) is 4.44. The van der Waals surface area contributed by atoms with Gasteiger partial charge in [-0.05, 0) is 70.8 Å². The Morgan fingerprint density at radius 2 is 1.70 bits per heavy atom. The van der Waals surface area contributed by atoms with Crippen LogP contribution >= 0.6 is 0 Å². The van der Waals surface area contributed by atoms with Crippen LogP contribution in [0.1, 0.15) is 47.5 Å². The molecule has 20 heavy (non-hydrogen) atoms. The molecule has 3 atom stereocenters. The summed E-state index contributed by atoms with van der Waals surface area (Å²) in [5.74, 6) is 1.48. The van der Waals surface area contributed by atoms with Crippen molar-refractivity contribution < 1.29 is 13.7 Å². The number of halogens is 1. The zero-order valence-electron chi connectivity index (χ0n) is 13.1. The third kappa shape index (κ3) is 2.08. The topological polar surface area (TPSA) is 18.5 Å². The highest BCUT2D eigenvalue weighted by Gasteiger charge is 2.54. The molecule has 3 aliphatic rings. The number of hydrogen-bond acceptors (Lipinski definition) is 2. The van der Waals surface area contributed by atoms with Gasteiger partial charge in [0.1, 0.15) is 5.73 Å². The summed E-state index contributed by atoms with van der Waals surface area (Å²) in [4.78, 5) is 0. The number of allylic oxidation sites excluding steroid dienone is 3. The van der Waals surface area contributed by atoms with Crippen LogP contribution in [-0.4, -0.2) is 18.3 Å². The number of fused-ring (bicyclic) bond motifs is 2. The van der Waals surface area contributed by atoms with E-state index in [1.807, 2.05) is 34.6 Å². The van der Waals surface area contributed by atoms with E-state index in [-0.39, 0.29) is 5.73 Å². The quantitative estimate of drug-likeness (QED) is 0.560. The van der Waals surface area contributed by atoms with Crippen molar-refractivity contribution in [3.63, 3.8) is 0 Å². The van der Waals surface area contributed by atoms with Gasteiger partial charge in [-0.15, -0.1) is 0 Å². The Labute approximate surface area is 121 Å². The second-order valence-electron chi connectivity index (χ2n) is 7.51. The highest BCUT2D eigenvalue weighted by Crippen LogP contribution is 2.48. The molecule has 3 unspecified atom stereocenters. The van der Waals surface area contributed by atoms with Crippen LogP contribution in [0.3, 0.4) is 0 Å². The Morgan fingerprint density at radius 1 is 1.10 bits per heavy atom. The zero-order valence-corrected chi connectivity index (χ0v) is 13.1. The Kier molecular flexibility index (Phi) is 3.18. The van der Waals surface area contributed by atoms with Gasteiger partial charge in [0.2, 0.25) is 0 Å². The Balaban J connectivity index is 1.80. The van der Waals surface area contributed by atoms with E-state index in [2.05, 4.69) is 12.2 Å². The van der Waals surface area contributed by atoms with Crippen LogP contribution in [0.15, 0.2) is 23.5 Å². The molecule has 1 aliphatic heterocycles. The van der Waals surface area contributed by atoms with E-state index >= 15 is 0 Å². The molecule has 0 N–H and O–H groups in total. The fourth-order valence-corrected chi connectivity index (χ4v) is 3.59. The van der Waals surface area contributed by atoms with E-state index in [1.54, 1.807) is 0 Å². The Bertz CT molecular complexity index is 465. The normalized spacial score (nSPS) is 38.5. The third-order valence-corrected chi connectivity index (χ3v) is 5.67. The molecule has 2 nitrogen and oxygen atoms in total. The molecule has 3 rings (SSSR count). The summed E-state index contributed by atoms with van der Waals surface area (Å²) in [6.45, 7) is 9.72. The highest BCUT2D eigenvalue weighted by molar-refractivity contribution is 6.53. The summed E-state index contributed by atoms with van der Waals surface area (Å²) >= 11 is 0. The molecular formula is C16H24BFO2. The van der Waals surface area contributed by atoms with E-state index in [1.165, 1.54) is 6.42 Å². The summed E-state index contributed by atoms with van der Waals surface area (Å²) < 4.78 is 26.4. The van der Waals surface area contributed by atoms with Crippen molar-refractivity contribution in [2.24, 2.45) is 17.8 Å². The average molecular weight is 278 g/mol. The van der Waals surface area contributed by atoms with E-state index < -0.39 is 18.3 Å². The lowest BCUT2D eigenvalue weighted by Crippen LogP contribution is -2.41. The van der Waals surface area contributed by atoms with Crippen molar-refractivity contribution in [3.8, 4) is 0 Å².